The zero-order chi connectivity index (χ0) is 20.4. The van der Waals surface area contributed by atoms with Crippen LogP contribution in [-0.2, 0) is 6.42 Å². The summed E-state index contributed by atoms with van der Waals surface area (Å²) in [5.74, 6) is -0.713. The van der Waals surface area contributed by atoms with Crippen molar-refractivity contribution in [3.8, 4) is 5.75 Å². The number of halogens is 4. The summed E-state index contributed by atoms with van der Waals surface area (Å²) >= 11 is 0. The van der Waals surface area contributed by atoms with E-state index in [-0.39, 0.29) is 35.0 Å². The molecular formula is C18H11F4N5O2. The highest BCUT2D eigenvalue weighted by Crippen LogP contribution is 2.27. The van der Waals surface area contributed by atoms with Gasteiger partial charge in [-0.2, -0.15) is 0 Å². The van der Waals surface area contributed by atoms with Gasteiger partial charge >= 0.3 is 6.36 Å². The number of benzene rings is 2. The highest BCUT2D eigenvalue weighted by atomic mass is 19.4. The van der Waals surface area contributed by atoms with Gasteiger partial charge in [0.15, 0.2) is 5.82 Å². The largest absolute Gasteiger partial charge is 0.573 e. The van der Waals surface area contributed by atoms with E-state index in [0.29, 0.717) is 11.3 Å². The molecule has 2 aromatic heterocycles. The van der Waals surface area contributed by atoms with Crippen LogP contribution >= 0.6 is 0 Å². The van der Waals surface area contributed by atoms with Gasteiger partial charge in [-0.3, -0.25) is 0 Å². The fourth-order valence-corrected chi connectivity index (χ4v) is 2.63. The molecule has 0 aliphatic carbocycles. The molecule has 0 radical (unpaired) electrons. The van der Waals surface area contributed by atoms with Crippen molar-refractivity contribution in [2.45, 2.75) is 12.8 Å². The molecule has 2 aromatic carbocycles. The Morgan fingerprint density at radius 1 is 0.966 bits per heavy atom. The van der Waals surface area contributed by atoms with Crippen LogP contribution in [0.25, 0.3) is 11.3 Å². The second kappa shape index (κ2) is 7.34. The second-order valence-corrected chi connectivity index (χ2v) is 5.91. The Morgan fingerprint density at radius 3 is 2.48 bits per heavy atom. The first-order chi connectivity index (χ1) is 13.9. The third kappa shape index (κ3) is 4.39. The van der Waals surface area contributed by atoms with Gasteiger partial charge in [0.25, 0.3) is 0 Å². The molecule has 1 N–H and O–H groups in total. The standard InChI is InChI=1S/C18H11F4N5O2/c19-12-6-1-2-7-13(12)23-15-14(24-16-17(25-15)27-29-26-16)9-10-4-3-5-11(8-10)28-18(20,21)22/h1-8H,9H2,(H,23,25,27). The predicted molar refractivity (Wildman–Crippen MR) is 93.0 cm³/mol. The smallest absolute Gasteiger partial charge is 0.406 e. The van der Waals surface area contributed by atoms with Crippen LogP contribution in [0.3, 0.4) is 0 Å². The van der Waals surface area contributed by atoms with Crippen molar-refractivity contribution < 1.29 is 26.9 Å². The molecule has 4 rings (SSSR count). The molecule has 11 heteroatoms. The van der Waals surface area contributed by atoms with E-state index in [4.69, 9.17) is 0 Å². The number of hydrogen-bond acceptors (Lipinski definition) is 7. The van der Waals surface area contributed by atoms with E-state index < -0.39 is 12.2 Å². The summed E-state index contributed by atoms with van der Waals surface area (Å²) in [5, 5.41) is 10.1. The fourth-order valence-electron chi connectivity index (χ4n) is 2.63. The zero-order valence-corrected chi connectivity index (χ0v) is 14.4. The lowest BCUT2D eigenvalue weighted by molar-refractivity contribution is -0.274. The van der Waals surface area contributed by atoms with E-state index >= 15 is 0 Å². The Hall–Kier alpha value is -3.76. The molecule has 0 aliphatic rings. The molecule has 0 atom stereocenters. The van der Waals surface area contributed by atoms with Gasteiger partial charge in [0, 0.05) is 6.42 Å². The van der Waals surface area contributed by atoms with Crippen LogP contribution in [-0.4, -0.2) is 26.6 Å². The van der Waals surface area contributed by atoms with Gasteiger partial charge in [-0.25, -0.2) is 19.0 Å². The van der Waals surface area contributed by atoms with Gasteiger partial charge in [0.05, 0.1) is 11.4 Å². The Morgan fingerprint density at radius 2 is 1.72 bits per heavy atom. The van der Waals surface area contributed by atoms with Crippen molar-refractivity contribution >= 4 is 22.8 Å². The number of para-hydroxylation sites is 1. The maximum atomic E-state index is 14.0. The molecule has 0 aliphatic heterocycles. The van der Waals surface area contributed by atoms with Crippen molar-refractivity contribution in [3.05, 3.63) is 65.6 Å². The van der Waals surface area contributed by atoms with Crippen LogP contribution in [0.4, 0.5) is 29.1 Å². The molecule has 0 unspecified atom stereocenters. The number of rotatable bonds is 5. The molecule has 148 valence electrons. The van der Waals surface area contributed by atoms with E-state index in [1.165, 1.54) is 36.4 Å². The van der Waals surface area contributed by atoms with Gasteiger partial charge < -0.3 is 10.1 Å². The molecule has 4 aromatic rings. The van der Waals surface area contributed by atoms with Gasteiger partial charge in [-0.15, -0.1) is 13.2 Å². The van der Waals surface area contributed by atoms with Crippen LogP contribution in [0.1, 0.15) is 11.3 Å². The first-order valence-electron chi connectivity index (χ1n) is 8.23. The topological polar surface area (TPSA) is 86.0 Å². The maximum absolute atomic E-state index is 14.0. The minimum Gasteiger partial charge on any atom is -0.406 e. The van der Waals surface area contributed by atoms with Gasteiger partial charge in [0.2, 0.25) is 11.3 Å². The molecule has 0 saturated heterocycles. The molecule has 0 saturated carbocycles. The minimum atomic E-state index is -4.80. The predicted octanol–water partition coefficient (Wildman–Crippen LogP) is 4.38. The Balaban J connectivity index is 1.69. The number of nitrogens with zero attached hydrogens (tertiary/aromatic N) is 4. The van der Waals surface area contributed by atoms with Gasteiger partial charge in [-0.1, -0.05) is 24.3 Å². The highest BCUT2D eigenvalue weighted by Gasteiger charge is 2.31. The highest BCUT2D eigenvalue weighted by molar-refractivity contribution is 5.70. The monoisotopic (exact) mass is 405 g/mol. The summed E-state index contributed by atoms with van der Waals surface area (Å²) in [6.07, 6.45) is -4.73. The van der Waals surface area contributed by atoms with E-state index in [1.54, 1.807) is 12.1 Å². The van der Waals surface area contributed by atoms with Gasteiger partial charge in [-0.05, 0) is 40.1 Å². The van der Waals surface area contributed by atoms with Crippen molar-refractivity contribution in [2.75, 3.05) is 5.32 Å². The van der Waals surface area contributed by atoms with Crippen molar-refractivity contribution in [3.63, 3.8) is 0 Å². The summed E-state index contributed by atoms with van der Waals surface area (Å²) in [6.45, 7) is 0. The summed E-state index contributed by atoms with van der Waals surface area (Å²) in [7, 11) is 0. The molecule has 0 bridgehead atoms. The summed E-state index contributed by atoms with van der Waals surface area (Å²) in [6, 6.07) is 11.4. The van der Waals surface area contributed by atoms with E-state index in [9.17, 15) is 17.6 Å². The number of ether oxygens (including phenoxy) is 1. The van der Waals surface area contributed by atoms with Crippen LogP contribution in [0.5, 0.6) is 5.75 Å². The number of hydrogen-bond donors (Lipinski definition) is 1. The quantitative estimate of drug-likeness (QED) is 0.493. The fraction of sp³-hybridized carbons (Fsp3) is 0.111. The molecule has 0 fully saturated rings. The van der Waals surface area contributed by atoms with Crippen LogP contribution in [0.2, 0.25) is 0 Å². The number of alkyl halides is 3. The van der Waals surface area contributed by atoms with Gasteiger partial charge in [0.1, 0.15) is 11.6 Å². The average molecular weight is 405 g/mol. The summed E-state index contributed by atoms with van der Waals surface area (Å²) in [4.78, 5) is 8.51. The second-order valence-electron chi connectivity index (χ2n) is 5.91. The first kappa shape index (κ1) is 18.6. The number of nitrogens with one attached hydrogen (secondary N) is 1. The Kier molecular flexibility index (Phi) is 4.71. The average Bonchev–Trinajstić information content (AvgIpc) is 3.10. The molecule has 0 spiro atoms. The summed E-state index contributed by atoms with van der Waals surface area (Å²) < 4.78 is 60.0. The van der Waals surface area contributed by atoms with E-state index in [1.807, 2.05) is 0 Å². The number of fused-ring (bicyclic) bond motifs is 1. The maximum Gasteiger partial charge on any atom is 0.573 e. The first-order valence-corrected chi connectivity index (χ1v) is 8.23. The molecule has 29 heavy (non-hydrogen) atoms. The van der Waals surface area contributed by atoms with E-state index in [2.05, 4.69) is 35.0 Å². The SMILES string of the molecule is Fc1ccccc1Nc1nc2nonc2nc1Cc1cccc(OC(F)(F)F)c1. The third-order valence-electron chi connectivity index (χ3n) is 3.82. The van der Waals surface area contributed by atoms with Crippen molar-refractivity contribution in [2.24, 2.45) is 0 Å². The van der Waals surface area contributed by atoms with Crippen molar-refractivity contribution in [1.82, 2.24) is 20.3 Å². The molecular weight excluding hydrogens is 394 g/mol. The molecule has 2 heterocycles. The number of aromatic nitrogens is 4. The minimum absolute atomic E-state index is 0.0711. The zero-order valence-electron chi connectivity index (χ0n) is 14.4. The Labute approximate surface area is 160 Å². The number of anilines is 2. The molecule has 7 nitrogen and oxygen atoms in total. The lowest BCUT2D eigenvalue weighted by Crippen LogP contribution is -2.17. The summed E-state index contributed by atoms with van der Waals surface area (Å²) in [5.41, 5.74) is 1.13. The van der Waals surface area contributed by atoms with Crippen LogP contribution in [0.15, 0.2) is 53.2 Å². The van der Waals surface area contributed by atoms with E-state index in [0.717, 1.165) is 0 Å². The van der Waals surface area contributed by atoms with Crippen molar-refractivity contribution in [1.29, 1.82) is 0 Å². The normalized spacial score (nSPS) is 11.6. The lowest BCUT2D eigenvalue weighted by Gasteiger charge is -2.12. The lowest BCUT2D eigenvalue weighted by atomic mass is 10.1. The Bertz CT molecular complexity index is 1160. The van der Waals surface area contributed by atoms with Crippen LogP contribution in [0, 0.1) is 5.82 Å². The molecule has 0 amide bonds. The third-order valence-corrected chi connectivity index (χ3v) is 3.82. The van der Waals surface area contributed by atoms with Crippen LogP contribution < -0.4 is 10.1 Å².